The Balaban J connectivity index is 1.94. The molecule has 3 rings (SSSR count). The summed E-state index contributed by atoms with van der Waals surface area (Å²) >= 11 is 0. The van der Waals surface area contributed by atoms with Crippen molar-refractivity contribution >= 4 is 5.78 Å². The van der Waals surface area contributed by atoms with Crippen molar-refractivity contribution in [1.29, 1.82) is 0 Å². The molecule has 3 aliphatic rings. The molecule has 1 aliphatic heterocycles. The summed E-state index contributed by atoms with van der Waals surface area (Å²) in [6, 6.07) is 0. The topological polar surface area (TPSA) is 67.6 Å². The first kappa shape index (κ1) is 21.4. The van der Waals surface area contributed by atoms with Gasteiger partial charge in [-0.1, -0.05) is 24.8 Å². The molecule has 5 nitrogen and oxygen atoms in total. The third-order valence-corrected chi connectivity index (χ3v) is 5.36. The molecule has 1 heterocycles. The van der Waals surface area contributed by atoms with Crippen molar-refractivity contribution in [3.05, 3.63) is 94.1 Å². The van der Waals surface area contributed by atoms with Crippen LogP contribution in [0.2, 0.25) is 0 Å². The second kappa shape index (κ2) is 9.03. The smallest absolute Gasteiger partial charge is 0.177 e. The van der Waals surface area contributed by atoms with Crippen LogP contribution < -0.4 is 11.1 Å². The van der Waals surface area contributed by atoms with Crippen molar-refractivity contribution in [2.24, 2.45) is 5.73 Å². The Morgan fingerprint density at radius 1 is 1.27 bits per heavy atom. The summed E-state index contributed by atoms with van der Waals surface area (Å²) in [4.78, 5) is 13.7. The van der Waals surface area contributed by atoms with Crippen LogP contribution in [0.15, 0.2) is 94.1 Å². The summed E-state index contributed by atoms with van der Waals surface area (Å²) in [5.41, 5.74) is 11.0. The minimum absolute atomic E-state index is 0.0602. The molecule has 3 N–H and O–H groups in total. The van der Waals surface area contributed by atoms with Crippen molar-refractivity contribution < 1.29 is 13.9 Å². The molecular formula is C24H28FN3O2. The fourth-order valence-corrected chi connectivity index (χ4v) is 3.68. The molecule has 0 aromatic heterocycles. The average molecular weight is 410 g/mol. The van der Waals surface area contributed by atoms with E-state index in [2.05, 4.69) is 18.0 Å². The second-order valence-corrected chi connectivity index (χ2v) is 7.51. The quantitative estimate of drug-likeness (QED) is 0.717. The lowest BCUT2D eigenvalue weighted by molar-refractivity contribution is -0.115. The number of carbonyl (C=O) groups excluding carboxylic acids is 1. The molecule has 158 valence electrons. The Morgan fingerprint density at radius 3 is 2.73 bits per heavy atom. The highest BCUT2D eigenvalue weighted by Crippen LogP contribution is 2.35. The molecule has 0 saturated carbocycles. The van der Waals surface area contributed by atoms with Crippen LogP contribution in [0.4, 0.5) is 4.39 Å². The van der Waals surface area contributed by atoms with Gasteiger partial charge in [-0.3, -0.25) is 4.79 Å². The minimum atomic E-state index is -0.378. The van der Waals surface area contributed by atoms with E-state index in [1.807, 2.05) is 24.3 Å². The first-order chi connectivity index (χ1) is 14.3. The van der Waals surface area contributed by atoms with Crippen LogP contribution >= 0.6 is 0 Å². The second-order valence-electron chi connectivity index (χ2n) is 7.51. The van der Waals surface area contributed by atoms with E-state index in [-0.39, 0.29) is 18.2 Å². The van der Waals surface area contributed by atoms with Crippen LogP contribution in [-0.4, -0.2) is 31.4 Å². The zero-order valence-electron chi connectivity index (χ0n) is 17.7. The van der Waals surface area contributed by atoms with Gasteiger partial charge in [-0.25, -0.2) is 4.39 Å². The van der Waals surface area contributed by atoms with Gasteiger partial charge in [-0.15, -0.1) is 0 Å². The predicted octanol–water partition coefficient (Wildman–Crippen LogP) is 4.04. The standard InChI is InChI=1S/C24H28FN3O2/c1-15(25)24(27-22-13-20(29)14-28(3)16(22)2)21-11-9-18(12-23(21)30-4)17-6-5-7-19(26)10-8-17/h6-8,10,12-13,27H,2,5,9,11,14,26H2,1,3-4H3/b24-15+. The number of nitrogens with two attached hydrogens (primary N) is 1. The van der Waals surface area contributed by atoms with Crippen molar-refractivity contribution in [2.45, 2.75) is 26.2 Å². The molecule has 0 aromatic carbocycles. The Morgan fingerprint density at radius 2 is 2.03 bits per heavy atom. The molecule has 0 unspecified atom stereocenters. The van der Waals surface area contributed by atoms with Crippen LogP contribution in [0.1, 0.15) is 26.2 Å². The van der Waals surface area contributed by atoms with E-state index >= 15 is 0 Å². The normalized spacial score (nSPS) is 20.7. The summed E-state index contributed by atoms with van der Waals surface area (Å²) < 4.78 is 20.2. The predicted molar refractivity (Wildman–Crippen MR) is 117 cm³/mol. The number of likely N-dealkylation sites (N-methyl/N-ethyl adjacent to an activating group) is 1. The molecule has 2 aliphatic carbocycles. The number of hydrogen-bond acceptors (Lipinski definition) is 5. The summed E-state index contributed by atoms with van der Waals surface area (Å²) in [6.07, 6.45) is 13.5. The number of nitrogens with one attached hydrogen (secondary N) is 1. The van der Waals surface area contributed by atoms with E-state index < -0.39 is 0 Å². The summed E-state index contributed by atoms with van der Waals surface area (Å²) in [7, 11) is 3.36. The lowest BCUT2D eigenvalue weighted by Gasteiger charge is -2.29. The van der Waals surface area contributed by atoms with Gasteiger partial charge in [0, 0.05) is 24.4 Å². The van der Waals surface area contributed by atoms with Crippen molar-refractivity contribution in [3.8, 4) is 0 Å². The van der Waals surface area contributed by atoms with Gasteiger partial charge in [0.25, 0.3) is 0 Å². The van der Waals surface area contributed by atoms with Crippen LogP contribution in [0.5, 0.6) is 0 Å². The third kappa shape index (κ3) is 4.64. The number of allylic oxidation sites excluding steroid dienone is 9. The van der Waals surface area contributed by atoms with E-state index in [4.69, 9.17) is 10.5 Å². The molecule has 0 saturated heterocycles. The molecule has 0 aromatic rings. The van der Waals surface area contributed by atoms with Crippen molar-refractivity contribution in [2.75, 3.05) is 20.7 Å². The van der Waals surface area contributed by atoms with Crippen LogP contribution in [0.25, 0.3) is 0 Å². The van der Waals surface area contributed by atoms with E-state index in [1.54, 1.807) is 19.1 Å². The summed E-state index contributed by atoms with van der Waals surface area (Å²) in [6.45, 7) is 5.66. The zero-order chi connectivity index (χ0) is 21.8. The maximum atomic E-state index is 14.6. The van der Waals surface area contributed by atoms with E-state index in [9.17, 15) is 9.18 Å². The number of rotatable bonds is 5. The Hall–Kier alpha value is -3.28. The average Bonchev–Trinajstić information content (AvgIpc) is 2.93. The maximum Gasteiger partial charge on any atom is 0.177 e. The molecule has 0 radical (unpaired) electrons. The van der Waals surface area contributed by atoms with Gasteiger partial charge in [-0.2, -0.15) is 0 Å². The lowest BCUT2D eigenvalue weighted by Crippen LogP contribution is -2.34. The maximum absolute atomic E-state index is 14.6. The fraction of sp³-hybridized carbons (Fsp3) is 0.292. The number of halogens is 1. The summed E-state index contributed by atoms with van der Waals surface area (Å²) in [5.74, 6) is 0.156. The van der Waals surface area contributed by atoms with E-state index in [0.29, 0.717) is 29.3 Å². The van der Waals surface area contributed by atoms with Crippen molar-refractivity contribution in [3.63, 3.8) is 0 Å². The number of ketones is 1. The Kier molecular flexibility index (Phi) is 6.45. The molecule has 0 atom stereocenters. The number of hydrogen-bond donors (Lipinski definition) is 2. The van der Waals surface area contributed by atoms with Gasteiger partial charge in [0.05, 0.1) is 30.7 Å². The fourth-order valence-electron chi connectivity index (χ4n) is 3.68. The molecule has 6 heteroatoms. The SMILES string of the molecule is C=C1C(N/C(C2=C(OC)C=C(C3=CCC=C(N)C=C3)CC2)=C(\C)F)=CC(=O)CN1C. The largest absolute Gasteiger partial charge is 0.496 e. The highest BCUT2D eigenvalue weighted by Gasteiger charge is 2.25. The van der Waals surface area contributed by atoms with Gasteiger partial charge in [0.2, 0.25) is 0 Å². The molecule has 0 amide bonds. The van der Waals surface area contributed by atoms with E-state index in [1.165, 1.54) is 13.0 Å². The Labute approximate surface area is 177 Å². The molecule has 0 bridgehead atoms. The monoisotopic (exact) mass is 409 g/mol. The van der Waals surface area contributed by atoms with Crippen LogP contribution in [0.3, 0.4) is 0 Å². The van der Waals surface area contributed by atoms with Crippen LogP contribution in [0, 0.1) is 0 Å². The highest BCUT2D eigenvalue weighted by atomic mass is 19.1. The van der Waals surface area contributed by atoms with Gasteiger partial charge in [0.1, 0.15) is 11.6 Å². The van der Waals surface area contributed by atoms with Crippen molar-refractivity contribution in [1.82, 2.24) is 10.2 Å². The third-order valence-electron chi connectivity index (χ3n) is 5.36. The summed E-state index contributed by atoms with van der Waals surface area (Å²) in [5, 5.41) is 3.09. The molecule has 0 fully saturated rings. The minimum Gasteiger partial charge on any atom is -0.496 e. The van der Waals surface area contributed by atoms with Gasteiger partial charge in [0.15, 0.2) is 5.78 Å². The van der Waals surface area contributed by atoms with Gasteiger partial charge in [-0.05, 0) is 49.5 Å². The molecular weight excluding hydrogens is 381 g/mol. The highest BCUT2D eigenvalue weighted by molar-refractivity contribution is 5.94. The molecule has 30 heavy (non-hydrogen) atoms. The number of carbonyl (C=O) groups is 1. The van der Waals surface area contributed by atoms with Gasteiger partial charge >= 0.3 is 0 Å². The first-order valence-electron chi connectivity index (χ1n) is 9.90. The lowest BCUT2D eigenvalue weighted by atomic mass is 9.89. The van der Waals surface area contributed by atoms with Crippen LogP contribution in [-0.2, 0) is 9.53 Å². The number of nitrogens with zero attached hydrogens (tertiary/aromatic N) is 1. The van der Waals surface area contributed by atoms with E-state index in [0.717, 1.165) is 35.3 Å². The Bertz CT molecular complexity index is 986. The zero-order valence-corrected chi connectivity index (χ0v) is 17.7. The van der Waals surface area contributed by atoms with Gasteiger partial charge < -0.3 is 20.7 Å². The number of methoxy groups -OCH3 is 1. The number of ether oxygens (including phenoxy) is 1. The first-order valence-corrected chi connectivity index (χ1v) is 9.90. The molecule has 0 spiro atoms.